The van der Waals surface area contributed by atoms with E-state index in [9.17, 15) is 14.7 Å². The summed E-state index contributed by atoms with van der Waals surface area (Å²) in [5.74, 6) is -1.01. The number of carboxylic acid groups (broad SMARTS) is 1. The molecule has 2 heterocycles. The van der Waals surface area contributed by atoms with Crippen LogP contribution < -0.4 is 4.90 Å². The molecule has 0 aromatic carbocycles. The Morgan fingerprint density at radius 3 is 2.35 bits per heavy atom. The van der Waals surface area contributed by atoms with E-state index >= 15 is 0 Å². The fourth-order valence-electron chi connectivity index (χ4n) is 3.29. The number of rotatable bonds is 3. The predicted molar refractivity (Wildman–Crippen MR) is 86.0 cm³/mol. The van der Waals surface area contributed by atoms with Crippen molar-refractivity contribution in [3.05, 3.63) is 36.5 Å². The summed E-state index contributed by atoms with van der Waals surface area (Å²) in [6.45, 7) is 2.68. The van der Waals surface area contributed by atoms with E-state index < -0.39 is 17.8 Å². The zero-order valence-corrected chi connectivity index (χ0v) is 13.0. The van der Waals surface area contributed by atoms with E-state index in [1.165, 1.54) is 0 Å². The highest BCUT2D eigenvalue weighted by Crippen LogP contribution is 2.28. The van der Waals surface area contributed by atoms with Crippen LogP contribution in [-0.4, -0.2) is 53.0 Å². The lowest BCUT2D eigenvalue weighted by molar-refractivity contribution is -0.150. The van der Waals surface area contributed by atoms with Gasteiger partial charge in [0.25, 0.3) is 0 Å². The Labute approximate surface area is 135 Å². The number of carbonyl (C=O) groups is 2. The summed E-state index contributed by atoms with van der Waals surface area (Å²) >= 11 is 0. The average Bonchev–Trinajstić information content (AvgIpc) is 2.62. The first-order valence-corrected chi connectivity index (χ1v) is 7.99. The van der Waals surface area contributed by atoms with Gasteiger partial charge in [-0.2, -0.15) is 0 Å². The lowest BCUT2D eigenvalue weighted by Gasteiger charge is -2.38. The molecule has 3 rings (SSSR count). The molecule has 1 saturated heterocycles. The number of piperazine rings is 1. The van der Waals surface area contributed by atoms with Crippen LogP contribution in [0.2, 0.25) is 0 Å². The van der Waals surface area contributed by atoms with Crippen molar-refractivity contribution in [1.29, 1.82) is 0 Å². The van der Waals surface area contributed by atoms with Crippen LogP contribution in [0.15, 0.2) is 36.5 Å². The molecular formula is C17H21N3O3. The highest BCUT2D eigenvalue weighted by Gasteiger charge is 2.37. The molecule has 0 spiro atoms. The molecule has 23 heavy (non-hydrogen) atoms. The standard InChI is InChI=1S/C17H21N3O3/c21-16(13-5-1-2-6-14(13)17(22)23)20-11-9-19(10-12-20)15-7-3-4-8-18-15/h1-4,7-8,13-14H,5-6,9-12H2,(H,22,23)/t13-,14+/m1/s1. The molecular weight excluding hydrogens is 294 g/mol. The molecule has 1 aromatic rings. The molecule has 6 heteroatoms. The van der Waals surface area contributed by atoms with Gasteiger partial charge >= 0.3 is 5.97 Å². The fourth-order valence-corrected chi connectivity index (χ4v) is 3.29. The number of aromatic nitrogens is 1. The zero-order chi connectivity index (χ0) is 16.2. The van der Waals surface area contributed by atoms with Crippen molar-refractivity contribution in [3.8, 4) is 0 Å². The van der Waals surface area contributed by atoms with Gasteiger partial charge in [0.2, 0.25) is 5.91 Å². The van der Waals surface area contributed by atoms with E-state index in [0.717, 1.165) is 18.9 Å². The Balaban J connectivity index is 1.62. The van der Waals surface area contributed by atoms with Crippen LogP contribution in [0.1, 0.15) is 12.8 Å². The Morgan fingerprint density at radius 1 is 1.04 bits per heavy atom. The van der Waals surface area contributed by atoms with Gasteiger partial charge in [0.1, 0.15) is 5.82 Å². The van der Waals surface area contributed by atoms with Crippen molar-refractivity contribution in [2.24, 2.45) is 11.8 Å². The summed E-state index contributed by atoms with van der Waals surface area (Å²) in [7, 11) is 0. The Morgan fingerprint density at radius 2 is 1.74 bits per heavy atom. The van der Waals surface area contributed by atoms with Crippen molar-refractivity contribution in [2.45, 2.75) is 12.8 Å². The van der Waals surface area contributed by atoms with E-state index in [-0.39, 0.29) is 5.91 Å². The lowest BCUT2D eigenvalue weighted by Crippen LogP contribution is -2.52. The van der Waals surface area contributed by atoms with Crippen molar-refractivity contribution >= 4 is 17.7 Å². The summed E-state index contributed by atoms with van der Waals surface area (Å²) in [6, 6.07) is 5.79. The van der Waals surface area contributed by atoms with Crippen LogP contribution in [0.3, 0.4) is 0 Å². The fraction of sp³-hybridized carbons (Fsp3) is 0.471. The van der Waals surface area contributed by atoms with Gasteiger partial charge < -0.3 is 14.9 Å². The third kappa shape index (κ3) is 3.36. The molecule has 1 aliphatic heterocycles. The summed E-state index contributed by atoms with van der Waals surface area (Å²) in [5, 5.41) is 9.33. The molecule has 1 amide bonds. The molecule has 122 valence electrons. The van der Waals surface area contributed by atoms with Crippen LogP contribution in [0.4, 0.5) is 5.82 Å². The number of hydrogen-bond acceptors (Lipinski definition) is 4. The number of allylic oxidation sites excluding steroid dienone is 2. The van der Waals surface area contributed by atoms with Crippen LogP contribution in [0.25, 0.3) is 0 Å². The van der Waals surface area contributed by atoms with Crippen LogP contribution >= 0.6 is 0 Å². The smallest absolute Gasteiger partial charge is 0.307 e. The molecule has 1 N–H and O–H groups in total. The summed E-state index contributed by atoms with van der Waals surface area (Å²) in [4.78, 5) is 32.4. The van der Waals surface area contributed by atoms with E-state index in [4.69, 9.17) is 0 Å². The number of pyridine rings is 1. The molecule has 1 aliphatic carbocycles. The Hall–Kier alpha value is -2.37. The number of amides is 1. The zero-order valence-electron chi connectivity index (χ0n) is 13.0. The van der Waals surface area contributed by atoms with Crippen molar-refractivity contribution in [3.63, 3.8) is 0 Å². The van der Waals surface area contributed by atoms with Gasteiger partial charge in [-0.3, -0.25) is 9.59 Å². The molecule has 6 nitrogen and oxygen atoms in total. The maximum Gasteiger partial charge on any atom is 0.307 e. The van der Waals surface area contributed by atoms with E-state index in [2.05, 4.69) is 9.88 Å². The molecule has 2 atom stereocenters. The number of carbonyl (C=O) groups excluding carboxylic acids is 1. The molecule has 0 bridgehead atoms. The van der Waals surface area contributed by atoms with Crippen LogP contribution in [-0.2, 0) is 9.59 Å². The highest BCUT2D eigenvalue weighted by molar-refractivity contribution is 5.85. The third-order valence-electron chi connectivity index (χ3n) is 4.63. The van der Waals surface area contributed by atoms with Gasteiger partial charge in [-0.05, 0) is 25.0 Å². The minimum Gasteiger partial charge on any atom is -0.481 e. The van der Waals surface area contributed by atoms with Crippen molar-refractivity contribution < 1.29 is 14.7 Å². The summed E-state index contributed by atoms with van der Waals surface area (Å²) in [6.07, 6.45) is 6.52. The summed E-state index contributed by atoms with van der Waals surface area (Å²) < 4.78 is 0. The van der Waals surface area contributed by atoms with Gasteiger partial charge in [0.15, 0.2) is 0 Å². The maximum atomic E-state index is 12.7. The number of hydrogen-bond donors (Lipinski definition) is 1. The number of anilines is 1. The molecule has 2 aliphatic rings. The average molecular weight is 315 g/mol. The lowest BCUT2D eigenvalue weighted by atomic mass is 9.82. The van der Waals surface area contributed by atoms with Crippen LogP contribution in [0.5, 0.6) is 0 Å². The first-order chi connectivity index (χ1) is 11.2. The largest absolute Gasteiger partial charge is 0.481 e. The Bertz CT molecular complexity index is 594. The predicted octanol–water partition coefficient (Wildman–Crippen LogP) is 1.40. The number of aliphatic carboxylic acids is 1. The monoisotopic (exact) mass is 315 g/mol. The number of nitrogens with zero attached hydrogens (tertiary/aromatic N) is 3. The quantitative estimate of drug-likeness (QED) is 0.854. The Kier molecular flexibility index (Phi) is 4.60. The maximum absolute atomic E-state index is 12.7. The minimum atomic E-state index is -0.875. The van der Waals surface area contributed by atoms with Gasteiger partial charge in [0.05, 0.1) is 11.8 Å². The molecule has 1 fully saturated rings. The second kappa shape index (κ2) is 6.81. The minimum absolute atomic E-state index is 0.0255. The molecule has 0 saturated carbocycles. The second-order valence-corrected chi connectivity index (χ2v) is 5.99. The highest BCUT2D eigenvalue weighted by atomic mass is 16.4. The van der Waals surface area contributed by atoms with Gasteiger partial charge in [-0.25, -0.2) is 4.98 Å². The molecule has 0 unspecified atom stereocenters. The molecule has 0 radical (unpaired) electrons. The van der Waals surface area contributed by atoms with Gasteiger partial charge in [-0.15, -0.1) is 0 Å². The van der Waals surface area contributed by atoms with Crippen molar-refractivity contribution in [1.82, 2.24) is 9.88 Å². The van der Waals surface area contributed by atoms with Crippen LogP contribution in [0, 0.1) is 11.8 Å². The summed E-state index contributed by atoms with van der Waals surface area (Å²) in [5.41, 5.74) is 0. The third-order valence-corrected chi connectivity index (χ3v) is 4.63. The second-order valence-electron chi connectivity index (χ2n) is 5.99. The van der Waals surface area contributed by atoms with E-state index in [1.807, 2.05) is 30.4 Å². The normalized spacial score (nSPS) is 24.5. The molecule has 1 aromatic heterocycles. The van der Waals surface area contributed by atoms with E-state index in [0.29, 0.717) is 25.9 Å². The van der Waals surface area contributed by atoms with E-state index in [1.54, 1.807) is 11.1 Å². The van der Waals surface area contributed by atoms with Gasteiger partial charge in [0, 0.05) is 32.4 Å². The SMILES string of the molecule is O=C(O)[C@H]1CC=CC[C@H]1C(=O)N1CCN(c2ccccn2)CC1. The first kappa shape index (κ1) is 15.5. The van der Waals surface area contributed by atoms with Crippen molar-refractivity contribution in [2.75, 3.05) is 31.1 Å². The number of carboxylic acids is 1. The topological polar surface area (TPSA) is 73.7 Å². The van der Waals surface area contributed by atoms with Gasteiger partial charge in [-0.1, -0.05) is 18.2 Å². The first-order valence-electron chi connectivity index (χ1n) is 7.99.